The Morgan fingerprint density at radius 2 is 1.74 bits per heavy atom. The van der Waals surface area contributed by atoms with Gasteiger partial charge in [-0.3, -0.25) is 4.98 Å². The van der Waals surface area contributed by atoms with E-state index in [0.29, 0.717) is 24.4 Å². The molecule has 0 aliphatic heterocycles. The number of nitrogens with zero attached hydrogens (tertiary/aromatic N) is 4. The molecule has 0 unspecified atom stereocenters. The Kier molecular flexibility index (Phi) is 9.51. The third kappa shape index (κ3) is 6.32. The molecule has 0 saturated heterocycles. The number of aromatic nitrogens is 4. The van der Waals surface area contributed by atoms with Gasteiger partial charge in [0, 0.05) is 45.0 Å². The van der Waals surface area contributed by atoms with Crippen molar-refractivity contribution in [3.63, 3.8) is 0 Å². The van der Waals surface area contributed by atoms with Crippen LogP contribution in [-0.2, 0) is 28.2 Å². The van der Waals surface area contributed by atoms with Gasteiger partial charge in [0.2, 0.25) is 11.6 Å². The maximum absolute atomic E-state index is 11.6. The highest BCUT2D eigenvalue weighted by molar-refractivity contribution is 5.95. The number of benzene rings is 1. The first-order valence-corrected chi connectivity index (χ1v) is 12.3. The van der Waals surface area contributed by atoms with Crippen LogP contribution in [0.1, 0.15) is 79.9 Å². The monoisotopic (exact) mass is 480 g/mol. The van der Waals surface area contributed by atoms with Gasteiger partial charge in [0.25, 0.3) is 0 Å². The lowest BCUT2D eigenvalue weighted by atomic mass is 10.0. The van der Waals surface area contributed by atoms with Gasteiger partial charge in [0.1, 0.15) is 5.82 Å². The number of carboxylic acid groups (broad SMARTS) is 1. The average molecular weight is 481 g/mol. The quantitative estimate of drug-likeness (QED) is 0.242. The minimum atomic E-state index is -0.971. The minimum Gasteiger partial charge on any atom is -0.478 e. The fourth-order valence-corrected chi connectivity index (χ4v) is 4.15. The van der Waals surface area contributed by atoms with Crippen LogP contribution >= 0.6 is 0 Å². The van der Waals surface area contributed by atoms with Gasteiger partial charge in [-0.2, -0.15) is 0 Å². The van der Waals surface area contributed by atoms with Crippen molar-refractivity contribution < 1.29 is 19.4 Å². The maximum atomic E-state index is 11.6. The van der Waals surface area contributed by atoms with E-state index in [0.717, 1.165) is 55.5 Å². The summed E-state index contributed by atoms with van der Waals surface area (Å²) in [4.78, 5) is 20.5. The van der Waals surface area contributed by atoms with Gasteiger partial charge in [-0.05, 0) is 30.0 Å². The minimum absolute atomic E-state index is 0.231. The highest BCUT2D eigenvalue weighted by atomic mass is 16.7. The van der Waals surface area contributed by atoms with Crippen LogP contribution in [-0.4, -0.2) is 45.0 Å². The van der Waals surface area contributed by atoms with Crippen molar-refractivity contribution in [1.82, 2.24) is 19.7 Å². The molecule has 0 amide bonds. The molecule has 8 heteroatoms. The van der Waals surface area contributed by atoms with Crippen LogP contribution < -0.4 is 0 Å². The van der Waals surface area contributed by atoms with Crippen LogP contribution in [0.3, 0.4) is 0 Å². The van der Waals surface area contributed by atoms with Crippen LogP contribution in [0.2, 0.25) is 0 Å². The second kappa shape index (κ2) is 12.6. The third-order valence-corrected chi connectivity index (χ3v) is 6.26. The van der Waals surface area contributed by atoms with E-state index in [1.807, 2.05) is 28.9 Å². The molecular formula is C27H36N4O4. The largest absolute Gasteiger partial charge is 0.478 e. The van der Waals surface area contributed by atoms with E-state index >= 15 is 0 Å². The summed E-state index contributed by atoms with van der Waals surface area (Å²) in [6.45, 7) is 4.86. The zero-order valence-electron chi connectivity index (χ0n) is 21.2. The van der Waals surface area contributed by atoms with Crippen molar-refractivity contribution >= 4 is 5.97 Å². The molecular weight excluding hydrogens is 444 g/mol. The fraction of sp³-hybridized carbons (Fsp3) is 0.481. The summed E-state index contributed by atoms with van der Waals surface area (Å²) < 4.78 is 13.5. The summed E-state index contributed by atoms with van der Waals surface area (Å²) in [7, 11) is 3.28. The molecule has 0 bridgehead atoms. The van der Waals surface area contributed by atoms with Crippen molar-refractivity contribution in [3.05, 3.63) is 65.5 Å². The molecule has 0 saturated carbocycles. The molecule has 0 fully saturated rings. The summed E-state index contributed by atoms with van der Waals surface area (Å²) in [6, 6.07) is 9.33. The molecule has 3 rings (SSSR count). The molecule has 188 valence electrons. The molecule has 2 heterocycles. The number of aromatic carboxylic acids is 1. The van der Waals surface area contributed by atoms with Crippen molar-refractivity contribution in [2.75, 3.05) is 14.2 Å². The first-order chi connectivity index (χ1) is 17.0. The number of unbranched alkanes of at least 4 members (excludes halogenated alkanes) is 3. The first-order valence-electron chi connectivity index (χ1n) is 12.3. The van der Waals surface area contributed by atoms with Gasteiger partial charge in [-0.25, -0.2) is 14.5 Å². The molecule has 0 aliphatic rings. The average Bonchev–Trinajstić information content (AvgIpc) is 3.28. The Hall–Kier alpha value is -3.10. The molecule has 8 nitrogen and oxygen atoms in total. The highest BCUT2D eigenvalue weighted by Gasteiger charge is 2.37. The van der Waals surface area contributed by atoms with Gasteiger partial charge in [0.15, 0.2) is 0 Å². The Balaban J connectivity index is 1.90. The normalized spacial score (nSPS) is 11.7. The number of carbonyl (C=O) groups is 1. The summed E-state index contributed by atoms with van der Waals surface area (Å²) in [6.07, 6.45) is 9.84. The summed E-state index contributed by atoms with van der Waals surface area (Å²) in [5.41, 5.74) is 2.67. The number of hydrogen-bond donors (Lipinski definition) is 1. The molecule has 0 aliphatic carbocycles. The number of carboxylic acids is 1. The van der Waals surface area contributed by atoms with Gasteiger partial charge >= 0.3 is 5.97 Å². The lowest BCUT2D eigenvalue weighted by molar-refractivity contribution is -0.226. The lowest BCUT2D eigenvalue weighted by Crippen LogP contribution is -2.32. The number of ether oxygens (including phenoxy) is 2. The van der Waals surface area contributed by atoms with E-state index < -0.39 is 11.8 Å². The second-order valence-electron chi connectivity index (χ2n) is 8.65. The smallest absolute Gasteiger partial charge is 0.336 e. The third-order valence-electron chi connectivity index (χ3n) is 6.26. The van der Waals surface area contributed by atoms with Gasteiger partial charge < -0.3 is 14.6 Å². The van der Waals surface area contributed by atoms with Crippen LogP contribution in [0, 0.1) is 0 Å². The number of methoxy groups -OCH3 is 2. The summed E-state index contributed by atoms with van der Waals surface area (Å²) in [5.74, 6) is -0.465. The number of aryl methyl sites for hydroxylation is 1. The molecule has 0 radical (unpaired) electrons. The number of hydrogen-bond acceptors (Lipinski definition) is 6. The van der Waals surface area contributed by atoms with Crippen LogP contribution in [0.15, 0.2) is 42.7 Å². The fourth-order valence-electron chi connectivity index (χ4n) is 4.15. The Morgan fingerprint density at radius 3 is 2.37 bits per heavy atom. The Labute approximate surface area is 207 Å². The van der Waals surface area contributed by atoms with Crippen molar-refractivity contribution in [3.8, 4) is 11.1 Å². The lowest BCUT2D eigenvalue weighted by Gasteiger charge is -2.27. The zero-order chi connectivity index (χ0) is 25.3. The molecule has 1 aromatic carbocycles. The first kappa shape index (κ1) is 26.5. The molecule has 0 spiro atoms. The molecule has 0 atom stereocenters. The van der Waals surface area contributed by atoms with Gasteiger partial charge in [-0.1, -0.05) is 57.4 Å². The Morgan fingerprint density at radius 1 is 1.03 bits per heavy atom. The van der Waals surface area contributed by atoms with Crippen LogP contribution in [0.4, 0.5) is 0 Å². The Bertz CT molecular complexity index is 1090. The predicted octanol–water partition coefficient (Wildman–Crippen LogP) is 5.46. The van der Waals surface area contributed by atoms with Crippen LogP contribution in [0.25, 0.3) is 11.1 Å². The molecule has 3 aromatic rings. The SMILES string of the molecule is CCCCCc1nc(C(CCCC)(OC)OC)nn1Cc1ccc(-c2cnccc2C(=O)O)cc1. The highest BCUT2D eigenvalue weighted by Crippen LogP contribution is 2.30. The topological polar surface area (TPSA) is 99.4 Å². The second-order valence-corrected chi connectivity index (χ2v) is 8.65. The molecule has 35 heavy (non-hydrogen) atoms. The maximum Gasteiger partial charge on any atom is 0.336 e. The standard InChI is InChI=1S/C27H36N4O4/c1-5-7-9-10-24-29-26(27(34-3,35-4)16-8-6-2)30-31(24)19-20-11-13-21(14-12-20)23-18-28-17-15-22(23)25(32)33/h11-15,17-18H,5-10,16,19H2,1-4H3,(H,32,33). The molecule has 1 N–H and O–H groups in total. The van der Waals surface area contributed by atoms with Crippen molar-refractivity contribution in [2.24, 2.45) is 0 Å². The van der Waals surface area contributed by atoms with Crippen molar-refractivity contribution in [1.29, 1.82) is 0 Å². The van der Waals surface area contributed by atoms with Crippen molar-refractivity contribution in [2.45, 2.75) is 71.1 Å². The van der Waals surface area contributed by atoms with Gasteiger partial charge in [0.05, 0.1) is 12.1 Å². The number of rotatable bonds is 14. The predicted molar refractivity (Wildman–Crippen MR) is 134 cm³/mol. The van der Waals surface area contributed by atoms with E-state index in [-0.39, 0.29) is 5.56 Å². The summed E-state index contributed by atoms with van der Waals surface area (Å²) in [5, 5.41) is 14.3. The van der Waals surface area contributed by atoms with Gasteiger partial charge in [-0.15, -0.1) is 5.10 Å². The van der Waals surface area contributed by atoms with Crippen LogP contribution in [0.5, 0.6) is 0 Å². The summed E-state index contributed by atoms with van der Waals surface area (Å²) >= 11 is 0. The zero-order valence-corrected chi connectivity index (χ0v) is 21.2. The number of pyridine rings is 1. The van der Waals surface area contributed by atoms with E-state index in [2.05, 4.69) is 18.8 Å². The molecule has 2 aromatic heterocycles. The van der Waals surface area contributed by atoms with E-state index in [9.17, 15) is 9.90 Å². The van der Waals surface area contributed by atoms with E-state index in [1.165, 1.54) is 12.3 Å². The van der Waals surface area contributed by atoms with E-state index in [1.54, 1.807) is 20.4 Å². The van der Waals surface area contributed by atoms with E-state index in [4.69, 9.17) is 19.6 Å².